The number of rotatable bonds is 16. The van der Waals surface area contributed by atoms with E-state index in [1.807, 2.05) is 7.05 Å². The summed E-state index contributed by atoms with van der Waals surface area (Å²) in [4.78, 5) is 107. The Balaban J connectivity index is 1.32. The van der Waals surface area contributed by atoms with Gasteiger partial charge in [-0.15, -0.1) is 0 Å². The van der Waals surface area contributed by atoms with Gasteiger partial charge in [-0.05, 0) is 127 Å². The van der Waals surface area contributed by atoms with Crippen molar-refractivity contribution in [3.8, 4) is 11.5 Å². The first kappa shape index (κ1) is 54.8. The summed E-state index contributed by atoms with van der Waals surface area (Å²) in [5.74, 6) is -4.80. The highest BCUT2D eigenvalue weighted by Crippen LogP contribution is 2.66. The Morgan fingerprint density at radius 2 is 1.20 bits per heavy atom. The number of likely N-dealkylation sites (tertiary alicyclic amines) is 1. The van der Waals surface area contributed by atoms with Gasteiger partial charge in [0.15, 0.2) is 29.8 Å². The van der Waals surface area contributed by atoms with E-state index in [9.17, 15) is 43.5 Å². The standard InChI is InChI=1S/C49H69N3O18/c1-44(2,3)66-35(56)25-30(63-42(60)69-46(7,8)9)40(58)50-21-17-33(54)62-29-16-19-49(32-24-27-14-15-28(53)38-37(27)48(49,39(29)65-38)20-23-52(32)13)68-34(55)18-22-51-41(59)31(26-36(57)67-45(4,5)6)64-43(61)70-47(10,11)12/h14-16,30-32,39,53H,17-26H2,1-13H3,(H,50,58)(H,51,59)/t30-,31-,32+,39-,48-,49+/m0/s1. The smallest absolute Gasteiger partial charge is 0.504 e. The van der Waals surface area contributed by atoms with Crippen LogP contribution in [0.4, 0.5) is 9.59 Å². The predicted molar refractivity (Wildman–Crippen MR) is 245 cm³/mol. The van der Waals surface area contributed by atoms with E-state index in [4.69, 9.17) is 42.6 Å². The van der Waals surface area contributed by atoms with Crippen molar-refractivity contribution >= 4 is 48.0 Å². The molecule has 4 aliphatic rings. The monoisotopic (exact) mass is 987 g/mol. The van der Waals surface area contributed by atoms with Crippen LogP contribution in [0.3, 0.4) is 0 Å². The van der Waals surface area contributed by atoms with E-state index in [0.717, 1.165) is 5.56 Å². The van der Waals surface area contributed by atoms with E-state index in [1.54, 1.807) is 95.2 Å². The highest BCUT2D eigenvalue weighted by Gasteiger charge is 2.74. The number of hydrogen-bond acceptors (Lipinski definition) is 19. The number of carbonyl (C=O) groups is 8. The Hall–Kier alpha value is -6.12. The number of esters is 4. The zero-order chi connectivity index (χ0) is 52.4. The van der Waals surface area contributed by atoms with Crippen LogP contribution < -0.4 is 15.4 Å². The third-order valence-electron chi connectivity index (χ3n) is 11.5. The largest absolute Gasteiger partial charge is 0.509 e. The van der Waals surface area contributed by atoms with Gasteiger partial charge >= 0.3 is 36.2 Å². The quantitative estimate of drug-likeness (QED) is 0.147. The molecule has 1 fully saturated rings. The summed E-state index contributed by atoms with van der Waals surface area (Å²) >= 11 is 0. The predicted octanol–water partition coefficient (Wildman–Crippen LogP) is 4.88. The van der Waals surface area contributed by atoms with Gasteiger partial charge in [-0.25, -0.2) is 9.59 Å². The molecule has 6 atom stereocenters. The number of benzene rings is 1. The minimum atomic E-state index is -1.65. The van der Waals surface area contributed by atoms with Crippen molar-refractivity contribution in [2.75, 3.05) is 26.7 Å². The van der Waals surface area contributed by atoms with Crippen molar-refractivity contribution in [1.82, 2.24) is 15.5 Å². The van der Waals surface area contributed by atoms with Crippen molar-refractivity contribution in [2.24, 2.45) is 0 Å². The number of amides is 2. The van der Waals surface area contributed by atoms with E-state index < -0.39 is 119 Å². The van der Waals surface area contributed by atoms with E-state index >= 15 is 0 Å². The van der Waals surface area contributed by atoms with Crippen LogP contribution in [0.25, 0.3) is 0 Å². The van der Waals surface area contributed by atoms with Gasteiger partial charge < -0.3 is 58.4 Å². The number of nitrogens with zero attached hydrogens (tertiary/aromatic N) is 1. The van der Waals surface area contributed by atoms with Gasteiger partial charge in [0.2, 0.25) is 0 Å². The number of aromatic hydroxyl groups is 1. The molecule has 2 aliphatic carbocycles. The van der Waals surface area contributed by atoms with Crippen LogP contribution in [0.2, 0.25) is 0 Å². The normalized spacial score (nSPS) is 22.3. The van der Waals surface area contributed by atoms with Crippen LogP contribution in [0.15, 0.2) is 24.0 Å². The summed E-state index contributed by atoms with van der Waals surface area (Å²) < 4.78 is 50.6. The zero-order valence-corrected chi connectivity index (χ0v) is 42.4. The lowest BCUT2D eigenvalue weighted by molar-refractivity contribution is -0.206. The van der Waals surface area contributed by atoms with Crippen LogP contribution in [0.1, 0.15) is 133 Å². The summed E-state index contributed by atoms with van der Waals surface area (Å²) in [6.45, 7) is 19.4. The first-order valence-electron chi connectivity index (χ1n) is 23.4. The SMILES string of the molecule is CN1CC[C@]23c4c5ccc(O)c4O[C@H]2C(OC(=O)CCNC(=O)[C@H](CC(=O)OC(C)(C)C)OC(=O)OC(C)(C)C)=CC[C@@]3(OC(=O)CCNC(=O)[C@H](CC(=O)OC(C)(C)C)OC(=O)OC(C)(C)C)[C@H]1C5. The van der Waals surface area contributed by atoms with E-state index in [-0.39, 0.29) is 49.6 Å². The molecule has 2 aliphatic heterocycles. The maximum Gasteiger partial charge on any atom is 0.509 e. The molecular formula is C49H69N3O18. The summed E-state index contributed by atoms with van der Waals surface area (Å²) in [5, 5.41) is 16.2. The molecule has 388 valence electrons. The fourth-order valence-electron chi connectivity index (χ4n) is 9.07. The topological polar surface area (TPSA) is 267 Å². The summed E-state index contributed by atoms with van der Waals surface area (Å²) in [5.41, 5.74) is -4.74. The molecule has 3 N–H and O–H groups in total. The van der Waals surface area contributed by atoms with Crippen molar-refractivity contribution in [1.29, 1.82) is 0 Å². The number of ether oxygens (including phenoxy) is 9. The van der Waals surface area contributed by atoms with Gasteiger partial charge in [0.05, 0.1) is 37.1 Å². The van der Waals surface area contributed by atoms with Crippen molar-refractivity contribution < 1.29 is 86.1 Å². The summed E-state index contributed by atoms with van der Waals surface area (Å²) in [6.07, 6.45) is -6.33. The summed E-state index contributed by atoms with van der Waals surface area (Å²) in [6, 6.07) is 2.88. The van der Waals surface area contributed by atoms with Crippen LogP contribution in [-0.2, 0) is 78.5 Å². The third-order valence-corrected chi connectivity index (χ3v) is 11.5. The number of piperidine rings is 1. The number of phenols is 1. The molecule has 0 radical (unpaired) electrons. The Kier molecular flexibility index (Phi) is 16.2. The molecule has 0 saturated carbocycles. The van der Waals surface area contributed by atoms with E-state index in [2.05, 4.69) is 15.5 Å². The highest BCUT2D eigenvalue weighted by molar-refractivity contribution is 5.88. The molecule has 2 bridgehead atoms. The maximum absolute atomic E-state index is 14.1. The number of phenolic OH excluding ortho intramolecular Hbond substituents is 1. The molecule has 2 amide bonds. The summed E-state index contributed by atoms with van der Waals surface area (Å²) in [7, 11) is 1.91. The molecule has 1 aromatic rings. The van der Waals surface area contributed by atoms with Crippen LogP contribution in [0, 0.1) is 0 Å². The maximum atomic E-state index is 14.1. The number of hydrogen-bond donors (Lipinski definition) is 3. The minimum absolute atomic E-state index is 0.0455. The first-order chi connectivity index (χ1) is 32.2. The molecule has 1 spiro atoms. The fourth-order valence-corrected chi connectivity index (χ4v) is 9.07. The molecule has 0 unspecified atom stereocenters. The second-order valence-corrected chi connectivity index (χ2v) is 21.8. The van der Waals surface area contributed by atoms with Crippen molar-refractivity contribution in [2.45, 2.75) is 186 Å². The molecule has 2 heterocycles. The Labute approximate surface area is 407 Å². The van der Waals surface area contributed by atoms with Crippen molar-refractivity contribution in [3.63, 3.8) is 0 Å². The molecule has 0 aromatic heterocycles. The van der Waals surface area contributed by atoms with Gasteiger partial charge in [0.25, 0.3) is 11.8 Å². The highest BCUT2D eigenvalue weighted by atomic mass is 16.7. The van der Waals surface area contributed by atoms with Crippen LogP contribution >= 0.6 is 0 Å². The van der Waals surface area contributed by atoms with Gasteiger partial charge in [-0.1, -0.05) is 6.07 Å². The lowest BCUT2D eigenvalue weighted by Gasteiger charge is -2.62. The van der Waals surface area contributed by atoms with Gasteiger partial charge in [0, 0.05) is 25.1 Å². The second-order valence-electron chi connectivity index (χ2n) is 21.8. The van der Waals surface area contributed by atoms with E-state index in [1.165, 1.54) is 6.07 Å². The molecule has 21 heteroatoms. The Bertz CT molecular complexity index is 2190. The molecule has 70 heavy (non-hydrogen) atoms. The lowest BCUT2D eigenvalue weighted by Crippen LogP contribution is -2.75. The average molecular weight is 988 g/mol. The molecule has 5 rings (SSSR count). The minimum Gasteiger partial charge on any atom is -0.504 e. The molecule has 1 aromatic carbocycles. The van der Waals surface area contributed by atoms with Gasteiger partial charge in [-0.3, -0.25) is 33.7 Å². The van der Waals surface area contributed by atoms with Gasteiger partial charge in [-0.2, -0.15) is 0 Å². The first-order valence-corrected chi connectivity index (χ1v) is 23.4. The van der Waals surface area contributed by atoms with Crippen LogP contribution in [0.5, 0.6) is 11.5 Å². The molecular weight excluding hydrogens is 919 g/mol. The Morgan fingerprint density at radius 3 is 1.69 bits per heavy atom. The number of likely N-dealkylation sites (N-methyl/N-ethyl adjacent to an activating group) is 1. The van der Waals surface area contributed by atoms with Crippen LogP contribution in [-0.4, -0.2) is 137 Å². The van der Waals surface area contributed by atoms with E-state index in [0.29, 0.717) is 24.9 Å². The molecule has 1 saturated heterocycles. The second kappa shape index (κ2) is 20.7. The lowest BCUT2D eigenvalue weighted by atomic mass is 9.50. The molecule has 21 nitrogen and oxygen atoms in total. The van der Waals surface area contributed by atoms with Crippen molar-refractivity contribution in [3.05, 3.63) is 35.1 Å². The Morgan fingerprint density at radius 1 is 0.714 bits per heavy atom. The number of carbonyl (C=O) groups excluding carboxylic acids is 8. The number of nitrogens with one attached hydrogen (secondary N) is 2. The third kappa shape index (κ3) is 13.4. The average Bonchev–Trinajstić information content (AvgIpc) is 3.54. The zero-order valence-electron chi connectivity index (χ0n) is 42.4. The fraction of sp³-hybridized carbons (Fsp3) is 0.673. The van der Waals surface area contributed by atoms with Gasteiger partial charge in [0.1, 0.15) is 33.8 Å².